The van der Waals surface area contributed by atoms with Crippen LogP contribution in [0.4, 0.5) is 6.01 Å². The van der Waals surface area contributed by atoms with Gasteiger partial charge in [-0.05, 0) is 32.9 Å². The molecule has 0 amide bonds. The normalized spacial score (nSPS) is 18.2. The van der Waals surface area contributed by atoms with E-state index in [1.165, 1.54) is 12.8 Å². The van der Waals surface area contributed by atoms with Crippen molar-refractivity contribution >= 4 is 12.0 Å². The number of nitrogens with one attached hydrogen (secondary N) is 1. The van der Waals surface area contributed by atoms with Crippen LogP contribution in [0.1, 0.15) is 30.3 Å². The van der Waals surface area contributed by atoms with Crippen LogP contribution in [0.25, 0.3) is 0 Å². The van der Waals surface area contributed by atoms with Crippen molar-refractivity contribution in [1.29, 1.82) is 0 Å². The van der Waals surface area contributed by atoms with Gasteiger partial charge in [0.05, 0.1) is 0 Å². The van der Waals surface area contributed by atoms with Gasteiger partial charge in [-0.3, -0.25) is 0 Å². The van der Waals surface area contributed by atoms with Crippen LogP contribution >= 0.6 is 0 Å². The Kier molecular flexibility index (Phi) is 3.63. The van der Waals surface area contributed by atoms with E-state index >= 15 is 0 Å². The van der Waals surface area contributed by atoms with Gasteiger partial charge in [-0.1, -0.05) is 0 Å². The van der Waals surface area contributed by atoms with Crippen molar-refractivity contribution in [2.24, 2.45) is 0 Å². The van der Waals surface area contributed by atoms with E-state index in [-0.39, 0.29) is 17.8 Å². The summed E-state index contributed by atoms with van der Waals surface area (Å²) in [5.74, 6) is -1.08. The van der Waals surface area contributed by atoms with Crippen molar-refractivity contribution in [2.45, 2.75) is 25.8 Å². The summed E-state index contributed by atoms with van der Waals surface area (Å²) in [4.78, 5) is 16.8. The topological polar surface area (TPSA) is 78.6 Å². The minimum atomic E-state index is -1.08. The fourth-order valence-electron chi connectivity index (χ4n) is 2.05. The van der Waals surface area contributed by atoms with E-state index in [0.29, 0.717) is 0 Å². The zero-order valence-corrected chi connectivity index (χ0v) is 9.85. The van der Waals surface area contributed by atoms with Crippen molar-refractivity contribution in [3.63, 3.8) is 0 Å². The lowest BCUT2D eigenvalue weighted by Gasteiger charge is -2.20. The molecule has 1 atom stereocenters. The van der Waals surface area contributed by atoms with Gasteiger partial charge in [0.1, 0.15) is 6.26 Å². The number of carboxylic acid groups (broad SMARTS) is 1. The van der Waals surface area contributed by atoms with Gasteiger partial charge in [-0.25, -0.2) is 4.79 Å². The molecule has 1 fully saturated rings. The first-order valence-corrected chi connectivity index (χ1v) is 5.83. The standard InChI is InChI=1S/C11H17N3O3/c1-8(6-14-4-2-3-5-14)12-11-13-9(7-17-11)10(15)16/h7-8H,2-6H2,1H3,(H,12,13)(H,15,16). The molecule has 1 aliphatic rings. The summed E-state index contributed by atoms with van der Waals surface area (Å²) in [5, 5.41) is 11.8. The molecule has 1 aromatic rings. The molecule has 2 rings (SSSR count). The van der Waals surface area contributed by atoms with Crippen LogP contribution in [0, 0.1) is 0 Å². The summed E-state index contributed by atoms with van der Waals surface area (Å²) in [6.07, 6.45) is 3.66. The molecule has 1 unspecified atom stereocenters. The monoisotopic (exact) mass is 239 g/mol. The summed E-state index contributed by atoms with van der Waals surface area (Å²) >= 11 is 0. The predicted octanol–water partition coefficient (Wildman–Crippen LogP) is 1.27. The second-order valence-electron chi connectivity index (χ2n) is 4.40. The molecule has 17 heavy (non-hydrogen) atoms. The van der Waals surface area contributed by atoms with Gasteiger partial charge >= 0.3 is 5.97 Å². The lowest BCUT2D eigenvalue weighted by molar-refractivity contribution is 0.0690. The number of oxazole rings is 1. The summed E-state index contributed by atoms with van der Waals surface area (Å²) in [7, 11) is 0. The molecule has 0 aliphatic carbocycles. The molecule has 0 spiro atoms. The second-order valence-corrected chi connectivity index (χ2v) is 4.40. The average molecular weight is 239 g/mol. The molecule has 0 bridgehead atoms. The predicted molar refractivity (Wildman–Crippen MR) is 62.2 cm³/mol. The van der Waals surface area contributed by atoms with E-state index in [0.717, 1.165) is 25.9 Å². The number of anilines is 1. The Hall–Kier alpha value is -1.56. The lowest BCUT2D eigenvalue weighted by atomic mass is 10.3. The minimum Gasteiger partial charge on any atom is -0.476 e. The molecule has 0 radical (unpaired) electrons. The third-order valence-electron chi connectivity index (χ3n) is 2.82. The molecular formula is C11H17N3O3. The zero-order chi connectivity index (χ0) is 12.3. The van der Waals surface area contributed by atoms with Crippen LogP contribution < -0.4 is 5.32 Å². The van der Waals surface area contributed by atoms with E-state index in [1.807, 2.05) is 6.92 Å². The maximum Gasteiger partial charge on any atom is 0.357 e. The number of nitrogens with zero attached hydrogens (tertiary/aromatic N) is 2. The van der Waals surface area contributed by atoms with Gasteiger partial charge in [0.15, 0.2) is 5.69 Å². The Labute approximate surface area is 99.6 Å². The highest BCUT2D eigenvalue weighted by molar-refractivity contribution is 5.85. The highest BCUT2D eigenvalue weighted by Crippen LogP contribution is 2.12. The molecule has 6 nitrogen and oxygen atoms in total. The summed E-state index contributed by atoms with van der Waals surface area (Å²) < 4.78 is 5.04. The number of hydrogen-bond acceptors (Lipinski definition) is 5. The van der Waals surface area contributed by atoms with Crippen molar-refractivity contribution in [3.8, 4) is 0 Å². The highest BCUT2D eigenvalue weighted by Gasteiger charge is 2.16. The van der Waals surface area contributed by atoms with E-state index in [4.69, 9.17) is 9.52 Å². The van der Waals surface area contributed by atoms with Gasteiger partial charge in [0, 0.05) is 12.6 Å². The van der Waals surface area contributed by atoms with Crippen LogP contribution in [0.5, 0.6) is 0 Å². The van der Waals surface area contributed by atoms with Crippen LogP contribution in [0.2, 0.25) is 0 Å². The first kappa shape index (κ1) is 11.9. The Bertz CT molecular complexity index is 385. The fourth-order valence-corrected chi connectivity index (χ4v) is 2.05. The molecule has 94 valence electrons. The first-order chi connectivity index (χ1) is 8.15. The van der Waals surface area contributed by atoms with E-state index in [9.17, 15) is 4.79 Å². The number of carboxylic acids is 1. The van der Waals surface area contributed by atoms with Gasteiger partial charge in [0.25, 0.3) is 6.01 Å². The van der Waals surface area contributed by atoms with Crippen molar-refractivity contribution in [3.05, 3.63) is 12.0 Å². The Morgan fingerprint density at radius 1 is 1.65 bits per heavy atom. The molecular weight excluding hydrogens is 222 g/mol. The second kappa shape index (κ2) is 5.18. The lowest BCUT2D eigenvalue weighted by Crippen LogP contribution is -2.33. The van der Waals surface area contributed by atoms with Crippen LogP contribution in [0.3, 0.4) is 0 Å². The molecule has 6 heteroatoms. The molecule has 2 N–H and O–H groups in total. The SMILES string of the molecule is CC(CN1CCCC1)Nc1nc(C(=O)O)co1. The number of hydrogen-bond donors (Lipinski definition) is 2. The van der Waals surface area contributed by atoms with Crippen LogP contribution in [-0.4, -0.2) is 46.6 Å². The van der Waals surface area contributed by atoms with Gasteiger partial charge in [-0.15, -0.1) is 0 Å². The third-order valence-corrected chi connectivity index (χ3v) is 2.82. The maximum absolute atomic E-state index is 10.6. The largest absolute Gasteiger partial charge is 0.476 e. The summed E-state index contributed by atoms with van der Waals surface area (Å²) in [6, 6.07) is 0.461. The number of aromatic carboxylic acids is 1. The van der Waals surface area contributed by atoms with Gasteiger partial charge < -0.3 is 19.7 Å². The summed E-state index contributed by atoms with van der Waals surface area (Å²) in [5.41, 5.74) is -0.0686. The Morgan fingerprint density at radius 3 is 2.94 bits per heavy atom. The Balaban J connectivity index is 1.84. The van der Waals surface area contributed by atoms with E-state index in [2.05, 4.69) is 15.2 Å². The van der Waals surface area contributed by atoms with E-state index < -0.39 is 5.97 Å². The molecule has 1 aromatic heterocycles. The maximum atomic E-state index is 10.6. The van der Waals surface area contributed by atoms with Crippen molar-refractivity contribution < 1.29 is 14.3 Å². The molecule has 1 saturated heterocycles. The number of likely N-dealkylation sites (tertiary alicyclic amines) is 1. The average Bonchev–Trinajstić information content (AvgIpc) is 2.88. The molecule has 0 aromatic carbocycles. The van der Waals surface area contributed by atoms with Crippen LogP contribution in [-0.2, 0) is 0 Å². The summed E-state index contributed by atoms with van der Waals surface area (Å²) in [6.45, 7) is 5.23. The zero-order valence-electron chi connectivity index (χ0n) is 9.85. The first-order valence-electron chi connectivity index (χ1n) is 5.83. The van der Waals surface area contributed by atoms with E-state index in [1.54, 1.807) is 0 Å². The van der Waals surface area contributed by atoms with Crippen LogP contribution in [0.15, 0.2) is 10.7 Å². The number of rotatable bonds is 5. The molecule has 0 saturated carbocycles. The fraction of sp³-hybridized carbons (Fsp3) is 0.636. The quantitative estimate of drug-likeness (QED) is 0.805. The smallest absolute Gasteiger partial charge is 0.357 e. The molecule has 2 heterocycles. The number of carbonyl (C=O) groups is 1. The Morgan fingerprint density at radius 2 is 2.35 bits per heavy atom. The van der Waals surface area contributed by atoms with Gasteiger partial charge in [0.2, 0.25) is 0 Å². The van der Waals surface area contributed by atoms with Crippen molar-refractivity contribution in [2.75, 3.05) is 25.0 Å². The molecule has 1 aliphatic heterocycles. The van der Waals surface area contributed by atoms with Crippen molar-refractivity contribution in [1.82, 2.24) is 9.88 Å². The van der Waals surface area contributed by atoms with Gasteiger partial charge in [-0.2, -0.15) is 4.98 Å². The minimum absolute atomic E-state index is 0.0686. The number of aromatic nitrogens is 1. The highest BCUT2D eigenvalue weighted by atomic mass is 16.4. The third kappa shape index (κ3) is 3.20.